The number of piperidine rings is 1. The number of hydrogen-bond acceptors (Lipinski definition) is 5. The first-order valence-corrected chi connectivity index (χ1v) is 8.84. The van der Waals surface area contributed by atoms with Crippen LogP contribution in [0.25, 0.3) is 0 Å². The smallest absolute Gasteiger partial charge is 0.225 e. The molecule has 3 rings (SSSR count). The van der Waals surface area contributed by atoms with Crippen molar-refractivity contribution in [2.75, 3.05) is 38.1 Å². The zero-order valence-corrected chi connectivity index (χ0v) is 17.4. The van der Waals surface area contributed by atoms with E-state index >= 15 is 0 Å². The Labute approximate surface area is 171 Å². The number of nitrogens with zero attached hydrogens (tertiary/aromatic N) is 4. The molecule has 1 aliphatic heterocycles. The summed E-state index contributed by atoms with van der Waals surface area (Å²) in [5, 5.41) is 6.76. The molecule has 0 aromatic carbocycles. The Kier molecular flexibility index (Phi) is 8.66. The van der Waals surface area contributed by atoms with Crippen molar-refractivity contribution in [1.29, 1.82) is 0 Å². The highest BCUT2D eigenvalue weighted by atomic mass is 127. The lowest BCUT2D eigenvalue weighted by Gasteiger charge is -2.33. The average molecular weight is 470 g/mol. The van der Waals surface area contributed by atoms with Crippen molar-refractivity contribution in [3.8, 4) is 0 Å². The predicted molar refractivity (Wildman–Crippen MR) is 114 cm³/mol. The standard InChI is InChI=1S/C18H26N6O.HI/c1-19-17(20-10-7-16-6-3-12-25-16)23-13-15-5-2-11-24(14-15)18-21-8-4-9-22-18;/h3-4,6,8-9,12,15H,2,5,7,10-11,13-14H2,1H3,(H2,19,20,23);1H. The number of hydrogen-bond donors (Lipinski definition) is 2. The highest BCUT2D eigenvalue weighted by molar-refractivity contribution is 14.0. The molecular weight excluding hydrogens is 443 g/mol. The summed E-state index contributed by atoms with van der Waals surface area (Å²) < 4.78 is 5.34. The van der Waals surface area contributed by atoms with Crippen molar-refractivity contribution in [1.82, 2.24) is 20.6 Å². The van der Waals surface area contributed by atoms with Crippen LogP contribution in [0.15, 0.2) is 46.3 Å². The van der Waals surface area contributed by atoms with Crippen molar-refractivity contribution in [3.63, 3.8) is 0 Å². The van der Waals surface area contributed by atoms with Crippen LogP contribution in [-0.2, 0) is 6.42 Å². The van der Waals surface area contributed by atoms with Gasteiger partial charge < -0.3 is 20.0 Å². The quantitative estimate of drug-likeness (QED) is 0.384. The molecule has 0 bridgehead atoms. The number of aromatic nitrogens is 2. The normalized spacial score (nSPS) is 17.5. The van der Waals surface area contributed by atoms with E-state index in [9.17, 15) is 0 Å². The zero-order valence-electron chi connectivity index (χ0n) is 15.1. The van der Waals surface area contributed by atoms with E-state index in [1.165, 1.54) is 6.42 Å². The average Bonchev–Trinajstić information content (AvgIpc) is 3.19. The SMILES string of the molecule is CN=C(NCCc1ccco1)NCC1CCCN(c2ncccn2)C1.I. The van der Waals surface area contributed by atoms with E-state index in [1.807, 2.05) is 18.2 Å². The Bertz CT molecular complexity index is 649. The Balaban J connectivity index is 0.00000243. The minimum atomic E-state index is 0. The summed E-state index contributed by atoms with van der Waals surface area (Å²) in [6.07, 6.45) is 8.52. The lowest BCUT2D eigenvalue weighted by Crippen LogP contribution is -2.45. The van der Waals surface area contributed by atoms with Crippen LogP contribution in [0.5, 0.6) is 0 Å². The van der Waals surface area contributed by atoms with Crippen LogP contribution in [-0.4, -0.2) is 49.2 Å². The minimum absolute atomic E-state index is 0. The maximum atomic E-state index is 5.34. The van der Waals surface area contributed by atoms with Crippen LogP contribution in [0.2, 0.25) is 0 Å². The molecule has 26 heavy (non-hydrogen) atoms. The molecule has 1 atom stereocenters. The molecular formula is C18H27IN6O. The number of nitrogens with one attached hydrogen (secondary N) is 2. The molecule has 7 nitrogen and oxygen atoms in total. The van der Waals surface area contributed by atoms with E-state index in [-0.39, 0.29) is 24.0 Å². The molecule has 2 aromatic rings. The molecule has 1 saturated heterocycles. The topological polar surface area (TPSA) is 78.6 Å². The van der Waals surface area contributed by atoms with Crippen LogP contribution in [0.4, 0.5) is 5.95 Å². The third kappa shape index (κ3) is 6.15. The third-order valence-corrected chi connectivity index (χ3v) is 4.38. The van der Waals surface area contributed by atoms with Crippen molar-refractivity contribution in [3.05, 3.63) is 42.6 Å². The largest absolute Gasteiger partial charge is 0.469 e. The van der Waals surface area contributed by atoms with Gasteiger partial charge in [0.15, 0.2) is 5.96 Å². The number of aliphatic imine (C=N–C) groups is 1. The van der Waals surface area contributed by atoms with Gasteiger partial charge in [-0.25, -0.2) is 9.97 Å². The van der Waals surface area contributed by atoms with Crippen molar-refractivity contribution >= 4 is 35.9 Å². The predicted octanol–water partition coefficient (Wildman–Crippen LogP) is 2.31. The summed E-state index contributed by atoms with van der Waals surface area (Å²) in [6.45, 7) is 3.68. The van der Waals surface area contributed by atoms with Gasteiger partial charge in [0.2, 0.25) is 5.95 Å². The number of guanidine groups is 1. The Morgan fingerprint density at radius 1 is 1.31 bits per heavy atom. The van der Waals surface area contributed by atoms with Gasteiger partial charge in [-0.2, -0.15) is 0 Å². The van der Waals surface area contributed by atoms with Gasteiger partial charge in [-0.1, -0.05) is 0 Å². The first-order valence-electron chi connectivity index (χ1n) is 8.84. The van der Waals surface area contributed by atoms with Gasteiger partial charge in [0.05, 0.1) is 6.26 Å². The summed E-state index contributed by atoms with van der Waals surface area (Å²) in [4.78, 5) is 15.3. The summed E-state index contributed by atoms with van der Waals surface area (Å²) in [7, 11) is 1.80. The van der Waals surface area contributed by atoms with Crippen LogP contribution in [0.3, 0.4) is 0 Å². The molecule has 2 aromatic heterocycles. The molecule has 0 saturated carbocycles. The number of furan rings is 1. The fourth-order valence-corrected chi connectivity index (χ4v) is 3.09. The monoisotopic (exact) mass is 470 g/mol. The van der Waals surface area contributed by atoms with E-state index in [2.05, 4.69) is 30.5 Å². The second kappa shape index (κ2) is 11.0. The first-order chi connectivity index (χ1) is 12.3. The molecule has 0 amide bonds. The molecule has 0 radical (unpaired) electrons. The molecule has 142 valence electrons. The van der Waals surface area contributed by atoms with Gasteiger partial charge in [0.25, 0.3) is 0 Å². The maximum absolute atomic E-state index is 5.34. The van der Waals surface area contributed by atoms with E-state index in [1.54, 1.807) is 25.7 Å². The molecule has 2 N–H and O–H groups in total. The number of halogens is 1. The van der Waals surface area contributed by atoms with E-state index in [0.717, 1.165) is 56.7 Å². The number of rotatable bonds is 6. The molecule has 0 spiro atoms. The molecule has 1 unspecified atom stereocenters. The van der Waals surface area contributed by atoms with Crippen LogP contribution in [0, 0.1) is 5.92 Å². The van der Waals surface area contributed by atoms with Crippen LogP contribution >= 0.6 is 24.0 Å². The van der Waals surface area contributed by atoms with Crippen LogP contribution < -0.4 is 15.5 Å². The fraction of sp³-hybridized carbons (Fsp3) is 0.500. The molecule has 8 heteroatoms. The second-order valence-corrected chi connectivity index (χ2v) is 6.21. The van der Waals surface area contributed by atoms with Crippen molar-refractivity contribution in [2.45, 2.75) is 19.3 Å². The molecule has 3 heterocycles. The van der Waals surface area contributed by atoms with Crippen LogP contribution in [0.1, 0.15) is 18.6 Å². The molecule has 1 fully saturated rings. The van der Waals surface area contributed by atoms with E-state index < -0.39 is 0 Å². The van der Waals surface area contributed by atoms with Crippen molar-refractivity contribution in [2.24, 2.45) is 10.9 Å². The van der Waals surface area contributed by atoms with Gasteiger partial charge in [0, 0.05) is 52.0 Å². The summed E-state index contributed by atoms with van der Waals surface area (Å²) >= 11 is 0. The lowest BCUT2D eigenvalue weighted by molar-refractivity contribution is 0.406. The fourth-order valence-electron chi connectivity index (χ4n) is 3.09. The van der Waals surface area contributed by atoms with Crippen molar-refractivity contribution < 1.29 is 4.42 Å². The van der Waals surface area contributed by atoms with E-state index in [4.69, 9.17) is 4.42 Å². The second-order valence-electron chi connectivity index (χ2n) is 6.21. The molecule has 1 aliphatic rings. The number of anilines is 1. The summed E-state index contributed by atoms with van der Waals surface area (Å²) in [5.74, 6) is 3.20. The Morgan fingerprint density at radius 2 is 2.15 bits per heavy atom. The maximum Gasteiger partial charge on any atom is 0.225 e. The highest BCUT2D eigenvalue weighted by Crippen LogP contribution is 2.19. The van der Waals surface area contributed by atoms with Gasteiger partial charge in [-0.05, 0) is 37.0 Å². The van der Waals surface area contributed by atoms with Gasteiger partial charge >= 0.3 is 0 Å². The first kappa shape index (κ1) is 20.5. The zero-order chi connectivity index (χ0) is 17.3. The van der Waals surface area contributed by atoms with E-state index in [0.29, 0.717) is 5.92 Å². The Morgan fingerprint density at radius 3 is 2.88 bits per heavy atom. The van der Waals surface area contributed by atoms with Gasteiger partial charge in [-0.3, -0.25) is 4.99 Å². The van der Waals surface area contributed by atoms with Gasteiger partial charge in [0.1, 0.15) is 5.76 Å². The highest BCUT2D eigenvalue weighted by Gasteiger charge is 2.21. The summed E-state index contributed by atoms with van der Waals surface area (Å²) in [5.41, 5.74) is 0. The lowest BCUT2D eigenvalue weighted by atomic mass is 9.98. The minimum Gasteiger partial charge on any atom is -0.469 e. The van der Waals surface area contributed by atoms with Gasteiger partial charge in [-0.15, -0.1) is 24.0 Å². The summed E-state index contributed by atoms with van der Waals surface area (Å²) in [6, 6.07) is 5.75. The third-order valence-electron chi connectivity index (χ3n) is 4.38. The Hall–Kier alpha value is -1.84. The molecule has 0 aliphatic carbocycles.